The predicted molar refractivity (Wildman–Crippen MR) is 130 cm³/mol. The Bertz CT molecular complexity index is 545. The molecule has 2 atom stereocenters. The number of rotatable bonds is 21. The van der Waals surface area contributed by atoms with Crippen LogP contribution >= 0.6 is 0 Å². The van der Waals surface area contributed by atoms with Crippen LogP contribution in [0.3, 0.4) is 0 Å². The Kier molecular flexibility index (Phi) is 19.7. The molecule has 34 heavy (non-hydrogen) atoms. The van der Waals surface area contributed by atoms with Gasteiger partial charge in [0.2, 0.25) is 0 Å². The van der Waals surface area contributed by atoms with Gasteiger partial charge in [-0.25, -0.2) is 0 Å². The Morgan fingerprint density at radius 1 is 0.588 bits per heavy atom. The van der Waals surface area contributed by atoms with Crippen LogP contribution in [0.4, 0.5) is 0 Å². The summed E-state index contributed by atoms with van der Waals surface area (Å²) in [6, 6.07) is 0. The molecule has 200 valence electrons. The van der Waals surface area contributed by atoms with Gasteiger partial charge in [-0.1, -0.05) is 65.2 Å². The van der Waals surface area contributed by atoms with E-state index in [1.165, 1.54) is 52.4 Å². The van der Waals surface area contributed by atoms with Gasteiger partial charge >= 0.3 is 17.9 Å². The highest BCUT2D eigenvalue weighted by atomic mass is 16.6. The maximum absolute atomic E-state index is 12.0. The summed E-state index contributed by atoms with van der Waals surface area (Å²) < 4.78 is 15.6. The van der Waals surface area contributed by atoms with E-state index in [1.54, 1.807) is 0 Å². The van der Waals surface area contributed by atoms with E-state index in [2.05, 4.69) is 13.8 Å². The zero-order valence-corrected chi connectivity index (χ0v) is 21.8. The van der Waals surface area contributed by atoms with E-state index in [1.807, 2.05) is 0 Å². The summed E-state index contributed by atoms with van der Waals surface area (Å²) in [7, 11) is 0. The van der Waals surface area contributed by atoms with Crippen LogP contribution in [0.5, 0.6) is 0 Å². The number of ether oxygens (including phenoxy) is 3. The van der Waals surface area contributed by atoms with Gasteiger partial charge in [0.25, 0.3) is 0 Å². The van der Waals surface area contributed by atoms with Crippen LogP contribution in [-0.2, 0) is 28.6 Å². The lowest BCUT2D eigenvalue weighted by Gasteiger charge is -2.22. The molecule has 8 nitrogen and oxygen atoms in total. The second kappa shape index (κ2) is 20.7. The van der Waals surface area contributed by atoms with Gasteiger partial charge in [0, 0.05) is 13.8 Å². The van der Waals surface area contributed by atoms with E-state index < -0.39 is 37.4 Å². The Morgan fingerprint density at radius 3 is 1.50 bits per heavy atom. The number of esters is 3. The van der Waals surface area contributed by atoms with Crippen molar-refractivity contribution in [1.82, 2.24) is 0 Å². The van der Waals surface area contributed by atoms with E-state index in [4.69, 9.17) is 24.4 Å². The van der Waals surface area contributed by atoms with Crippen molar-refractivity contribution in [3.63, 3.8) is 0 Å². The zero-order chi connectivity index (χ0) is 25.8. The third kappa shape index (κ3) is 19.8. The Balaban J connectivity index is 4.37. The monoisotopic (exact) mass is 488 g/mol. The van der Waals surface area contributed by atoms with Gasteiger partial charge in [0.05, 0.1) is 19.6 Å². The molecule has 2 N–H and O–H groups in total. The molecular weight excluding hydrogens is 440 g/mol. The van der Waals surface area contributed by atoms with Crippen LogP contribution in [0.15, 0.2) is 0 Å². The van der Waals surface area contributed by atoms with Crippen molar-refractivity contribution in [2.45, 2.75) is 129 Å². The fraction of sp³-hybridized carbons (Fsp3) is 0.885. The second-order valence-corrected chi connectivity index (χ2v) is 9.52. The standard InChI is InChI=1S/C26H48O8/c1-20(2)13-11-9-7-5-6-8-10-12-14-23(32-21(3)29)15-16-24(33-22(4)30)17-26(31)34-25(18-27)19-28/h20,23-25,27-28H,5-19H2,1-4H3/t23-,24+/m0/s1. The lowest BCUT2D eigenvalue weighted by molar-refractivity contribution is -0.161. The first-order chi connectivity index (χ1) is 16.2. The molecule has 0 radical (unpaired) electrons. The van der Waals surface area contributed by atoms with Gasteiger partial charge in [0.15, 0.2) is 0 Å². The molecule has 0 heterocycles. The summed E-state index contributed by atoms with van der Waals surface area (Å²) in [6.45, 7) is 6.17. The van der Waals surface area contributed by atoms with Gasteiger partial charge in [-0.2, -0.15) is 0 Å². The number of hydrogen-bond donors (Lipinski definition) is 2. The first-order valence-corrected chi connectivity index (χ1v) is 12.9. The highest BCUT2D eigenvalue weighted by Gasteiger charge is 2.23. The number of carbonyl (C=O) groups excluding carboxylic acids is 3. The number of carbonyl (C=O) groups is 3. The summed E-state index contributed by atoms with van der Waals surface area (Å²) in [5, 5.41) is 18.1. The SMILES string of the molecule is CC(=O)O[C@@H](CCCCCCCCCCC(C)C)CC[C@H](CC(=O)OC(CO)CO)OC(C)=O. The lowest BCUT2D eigenvalue weighted by atomic mass is 10.0. The summed E-state index contributed by atoms with van der Waals surface area (Å²) in [4.78, 5) is 35.0. The molecule has 0 aromatic rings. The van der Waals surface area contributed by atoms with Crippen molar-refractivity contribution in [3.05, 3.63) is 0 Å². The largest absolute Gasteiger partial charge is 0.463 e. The number of aliphatic hydroxyl groups is 2. The van der Waals surface area contributed by atoms with E-state index in [-0.39, 0.29) is 18.5 Å². The molecule has 0 saturated heterocycles. The molecule has 0 aliphatic rings. The molecule has 0 amide bonds. The van der Waals surface area contributed by atoms with E-state index in [9.17, 15) is 14.4 Å². The third-order valence-corrected chi connectivity index (χ3v) is 5.63. The Morgan fingerprint density at radius 2 is 1.03 bits per heavy atom. The van der Waals surface area contributed by atoms with Crippen molar-refractivity contribution < 1.29 is 38.8 Å². The molecule has 8 heteroatoms. The van der Waals surface area contributed by atoms with Gasteiger partial charge in [-0.05, 0) is 31.6 Å². The number of aliphatic hydroxyl groups excluding tert-OH is 2. The number of unbranched alkanes of at least 4 members (excludes halogenated alkanes) is 7. The maximum Gasteiger partial charge on any atom is 0.309 e. The molecule has 0 rings (SSSR count). The minimum absolute atomic E-state index is 0.194. The average Bonchev–Trinajstić information content (AvgIpc) is 2.75. The highest BCUT2D eigenvalue weighted by molar-refractivity contribution is 5.71. The number of hydrogen-bond acceptors (Lipinski definition) is 8. The normalized spacial score (nSPS) is 13.1. The quantitative estimate of drug-likeness (QED) is 0.138. The van der Waals surface area contributed by atoms with Crippen molar-refractivity contribution in [2.75, 3.05) is 13.2 Å². The van der Waals surface area contributed by atoms with Crippen LogP contribution in [0.25, 0.3) is 0 Å². The summed E-state index contributed by atoms with van der Waals surface area (Å²) in [5.41, 5.74) is 0. The molecule has 0 unspecified atom stereocenters. The summed E-state index contributed by atoms with van der Waals surface area (Å²) >= 11 is 0. The lowest BCUT2D eigenvalue weighted by Crippen LogP contribution is -2.29. The zero-order valence-electron chi connectivity index (χ0n) is 21.8. The predicted octanol–water partition coefficient (Wildman–Crippen LogP) is 4.47. The minimum atomic E-state index is -1.00. The van der Waals surface area contributed by atoms with Crippen LogP contribution in [-0.4, -0.2) is 59.6 Å². The molecule has 0 aromatic heterocycles. The third-order valence-electron chi connectivity index (χ3n) is 5.63. The molecule has 0 aliphatic carbocycles. The van der Waals surface area contributed by atoms with E-state index in [0.717, 1.165) is 31.6 Å². The average molecular weight is 489 g/mol. The smallest absolute Gasteiger partial charge is 0.309 e. The molecule has 0 saturated carbocycles. The molecular formula is C26H48O8. The van der Waals surface area contributed by atoms with Gasteiger partial charge in [-0.3, -0.25) is 14.4 Å². The van der Waals surface area contributed by atoms with Crippen LogP contribution < -0.4 is 0 Å². The van der Waals surface area contributed by atoms with Crippen LogP contribution in [0.2, 0.25) is 0 Å². The topological polar surface area (TPSA) is 119 Å². The summed E-state index contributed by atoms with van der Waals surface area (Å²) in [6.07, 6.45) is 10.2. The maximum atomic E-state index is 12.0. The summed E-state index contributed by atoms with van der Waals surface area (Å²) in [5.74, 6) is -0.767. The minimum Gasteiger partial charge on any atom is -0.463 e. The van der Waals surface area contributed by atoms with E-state index in [0.29, 0.717) is 12.8 Å². The fourth-order valence-corrected chi connectivity index (χ4v) is 3.84. The van der Waals surface area contributed by atoms with Crippen LogP contribution in [0.1, 0.15) is 111 Å². The second-order valence-electron chi connectivity index (χ2n) is 9.52. The fourth-order valence-electron chi connectivity index (χ4n) is 3.84. The van der Waals surface area contributed by atoms with Gasteiger partial charge in [-0.15, -0.1) is 0 Å². The van der Waals surface area contributed by atoms with Gasteiger partial charge < -0.3 is 24.4 Å². The van der Waals surface area contributed by atoms with Crippen molar-refractivity contribution in [2.24, 2.45) is 5.92 Å². The van der Waals surface area contributed by atoms with Crippen molar-refractivity contribution >= 4 is 17.9 Å². The first kappa shape index (κ1) is 32.3. The molecule has 0 spiro atoms. The van der Waals surface area contributed by atoms with Crippen molar-refractivity contribution in [3.8, 4) is 0 Å². The molecule has 0 fully saturated rings. The molecule has 0 aliphatic heterocycles. The highest BCUT2D eigenvalue weighted by Crippen LogP contribution is 2.19. The van der Waals surface area contributed by atoms with E-state index >= 15 is 0 Å². The van der Waals surface area contributed by atoms with Gasteiger partial charge in [0.1, 0.15) is 18.3 Å². The van der Waals surface area contributed by atoms with Crippen molar-refractivity contribution in [1.29, 1.82) is 0 Å². The molecule has 0 aromatic carbocycles. The Hall–Kier alpha value is -1.67. The Labute approximate surface area is 205 Å². The first-order valence-electron chi connectivity index (χ1n) is 12.9. The molecule has 0 bridgehead atoms. The van der Waals surface area contributed by atoms with Crippen LogP contribution in [0, 0.1) is 5.92 Å².